The molecule has 1 aromatic carbocycles. The first-order valence-electron chi connectivity index (χ1n) is 8.51. The second-order valence-corrected chi connectivity index (χ2v) is 8.49. The summed E-state index contributed by atoms with van der Waals surface area (Å²) in [5.41, 5.74) is 0.964. The Bertz CT molecular complexity index is 748. The Morgan fingerprint density at radius 2 is 1.85 bits per heavy atom. The van der Waals surface area contributed by atoms with Crippen LogP contribution in [0.15, 0.2) is 29.2 Å². The summed E-state index contributed by atoms with van der Waals surface area (Å²) in [5, 5.41) is 11.8. The third-order valence-electron chi connectivity index (χ3n) is 4.32. The number of hydrogen-bond acceptors (Lipinski definition) is 4. The molecule has 1 saturated heterocycles. The summed E-state index contributed by atoms with van der Waals surface area (Å²) >= 11 is 0. The van der Waals surface area contributed by atoms with Gasteiger partial charge in [-0.1, -0.05) is 24.6 Å². The topological polar surface area (TPSA) is 116 Å². The summed E-state index contributed by atoms with van der Waals surface area (Å²) in [6, 6.07) is 6.10. The molecule has 2 rings (SSSR count). The van der Waals surface area contributed by atoms with E-state index in [2.05, 4.69) is 10.0 Å². The minimum atomic E-state index is -3.62. The number of aryl methyl sites for hydroxylation is 1. The Morgan fingerprint density at radius 1 is 1.19 bits per heavy atom. The van der Waals surface area contributed by atoms with E-state index >= 15 is 0 Å². The average Bonchev–Trinajstić information content (AvgIpc) is 2.58. The Kier molecular flexibility index (Phi) is 6.60. The highest BCUT2D eigenvalue weighted by atomic mass is 32.2. The van der Waals surface area contributed by atoms with Crippen LogP contribution in [0.5, 0.6) is 0 Å². The van der Waals surface area contributed by atoms with E-state index in [-0.39, 0.29) is 36.5 Å². The lowest BCUT2D eigenvalue weighted by Crippen LogP contribution is -2.50. The number of piperidine rings is 1. The fraction of sp³-hybridized carbons (Fsp3) is 0.529. The van der Waals surface area contributed by atoms with Crippen molar-refractivity contribution in [2.45, 2.75) is 25.2 Å². The first kappa shape index (κ1) is 20.2. The predicted octanol–water partition coefficient (Wildman–Crippen LogP) is 1.03. The molecule has 8 nitrogen and oxygen atoms in total. The zero-order valence-corrected chi connectivity index (χ0v) is 15.8. The van der Waals surface area contributed by atoms with Crippen molar-refractivity contribution in [3.05, 3.63) is 29.8 Å². The summed E-state index contributed by atoms with van der Waals surface area (Å²) in [5.74, 6) is -1.36. The molecule has 0 radical (unpaired) electrons. The molecule has 9 heteroatoms. The van der Waals surface area contributed by atoms with E-state index in [1.165, 1.54) is 17.0 Å². The van der Waals surface area contributed by atoms with Gasteiger partial charge in [-0.2, -0.15) is 0 Å². The number of hydrogen-bond donors (Lipinski definition) is 3. The Balaban J connectivity index is 1.81. The second kappa shape index (κ2) is 8.50. The Morgan fingerprint density at radius 3 is 2.46 bits per heavy atom. The summed E-state index contributed by atoms with van der Waals surface area (Å²) in [4.78, 5) is 25.0. The van der Waals surface area contributed by atoms with Crippen molar-refractivity contribution in [2.75, 3.05) is 26.2 Å². The molecular formula is C17H25N3O5S. The van der Waals surface area contributed by atoms with Crippen LogP contribution >= 0.6 is 0 Å². The molecule has 0 aliphatic carbocycles. The molecule has 0 saturated carbocycles. The third kappa shape index (κ3) is 5.43. The number of carboxylic acids is 1. The highest BCUT2D eigenvalue weighted by molar-refractivity contribution is 7.89. The van der Waals surface area contributed by atoms with Gasteiger partial charge in [0.1, 0.15) is 0 Å². The third-order valence-corrected chi connectivity index (χ3v) is 5.80. The number of amides is 2. The van der Waals surface area contributed by atoms with Crippen molar-refractivity contribution in [3.63, 3.8) is 0 Å². The lowest BCUT2D eigenvalue weighted by Gasteiger charge is -2.34. The molecule has 2 unspecified atom stereocenters. The van der Waals surface area contributed by atoms with Crippen LogP contribution in [0, 0.1) is 18.8 Å². The molecule has 1 fully saturated rings. The van der Waals surface area contributed by atoms with Gasteiger partial charge in [0.05, 0.1) is 10.8 Å². The number of likely N-dealkylation sites (tertiary alicyclic amines) is 1. The number of carbonyl (C=O) groups excluding carboxylic acids is 1. The van der Waals surface area contributed by atoms with E-state index in [0.29, 0.717) is 13.0 Å². The van der Waals surface area contributed by atoms with Crippen LogP contribution in [0.2, 0.25) is 0 Å². The summed E-state index contributed by atoms with van der Waals surface area (Å²) in [6.07, 6.45) is 0.551. The highest BCUT2D eigenvalue weighted by Gasteiger charge is 2.31. The van der Waals surface area contributed by atoms with Crippen molar-refractivity contribution < 1.29 is 23.1 Å². The summed E-state index contributed by atoms with van der Waals surface area (Å²) in [7, 11) is -3.62. The molecular weight excluding hydrogens is 358 g/mol. The minimum absolute atomic E-state index is 0.0493. The van der Waals surface area contributed by atoms with E-state index < -0.39 is 21.9 Å². The standard InChI is InChI=1S/C17H25N3O5S/c1-12-3-5-15(6-4-12)26(24,25)19-8-7-18-17(23)20-10-13(2)9-14(11-20)16(21)22/h3-6,13-14,19H,7-11H2,1-2H3,(H,18,23)(H,21,22). The highest BCUT2D eigenvalue weighted by Crippen LogP contribution is 2.21. The van der Waals surface area contributed by atoms with Gasteiger partial charge in [-0.05, 0) is 31.4 Å². The molecule has 1 aliphatic heterocycles. The maximum Gasteiger partial charge on any atom is 0.317 e. The zero-order chi connectivity index (χ0) is 19.3. The molecule has 0 aromatic heterocycles. The molecule has 144 valence electrons. The van der Waals surface area contributed by atoms with Crippen molar-refractivity contribution in [1.29, 1.82) is 0 Å². The molecule has 0 spiro atoms. The SMILES string of the molecule is Cc1ccc(S(=O)(=O)NCCNC(=O)N2CC(C)CC(C(=O)O)C2)cc1. The largest absolute Gasteiger partial charge is 0.481 e. The van der Waals surface area contributed by atoms with E-state index in [1.54, 1.807) is 12.1 Å². The van der Waals surface area contributed by atoms with Crippen molar-refractivity contribution in [1.82, 2.24) is 14.9 Å². The monoisotopic (exact) mass is 383 g/mol. The fourth-order valence-electron chi connectivity index (χ4n) is 2.96. The zero-order valence-electron chi connectivity index (χ0n) is 14.9. The first-order valence-corrected chi connectivity index (χ1v) is 9.99. The molecule has 1 aliphatic rings. The van der Waals surface area contributed by atoms with E-state index in [9.17, 15) is 18.0 Å². The number of nitrogens with one attached hydrogen (secondary N) is 2. The quantitative estimate of drug-likeness (QED) is 0.635. The smallest absolute Gasteiger partial charge is 0.317 e. The van der Waals surface area contributed by atoms with Gasteiger partial charge in [0, 0.05) is 26.2 Å². The van der Waals surface area contributed by atoms with Gasteiger partial charge in [0.2, 0.25) is 10.0 Å². The van der Waals surface area contributed by atoms with Gasteiger partial charge >= 0.3 is 12.0 Å². The normalized spacial score (nSPS) is 20.6. The van der Waals surface area contributed by atoms with Crippen LogP contribution in [-0.2, 0) is 14.8 Å². The lowest BCUT2D eigenvalue weighted by molar-refractivity contribution is -0.143. The van der Waals surface area contributed by atoms with Crippen molar-refractivity contribution in [2.24, 2.45) is 11.8 Å². The van der Waals surface area contributed by atoms with E-state index in [4.69, 9.17) is 5.11 Å². The van der Waals surface area contributed by atoms with Gasteiger partial charge in [-0.3, -0.25) is 4.79 Å². The molecule has 2 amide bonds. The van der Waals surface area contributed by atoms with Gasteiger partial charge in [-0.25, -0.2) is 17.9 Å². The lowest BCUT2D eigenvalue weighted by atomic mass is 9.91. The number of nitrogens with zero attached hydrogens (tertiary/aromatic N) is 1. The number of rotatable bonds is 6. The molecule has 0 bridgehead atoms. The van der Waals surface area contributed by atoms with Crippen LogP contribution in [0.25, 0.3) is 0 Å². The number of benzene rings is 1. The number of sulfonamides is 1. The van der Waals surface area contributed by atoms with Crippen molar-refractivity contribution >= 4 is 22.0 Å². The number of carboxylic acid groups (broad SMARTS) is 1. The average molecular weight is 383 g/mol. The van der Waals surface area contributed by atoms with Crippen molar-refractivity contribution in [3.8, 4) is 0 Å². The van der Waals surface area contributed by atoms with Gasteiger partial charge in [0.25, 0.3) is 0 Å². The summed E-state index contributed by atoms with van der Waals surface area (Å²) in [6.45, 7) is 4.60. The number of carbonyl (C=O) groups is 2. The number of urea groups is 1. The Labute approximate surface area is 153 Å². The molecule has 1 aromatic rings. The van der Waals surface area contributed by atoms with Gasteiger partial charge in [-0.15, -0.1) is 0 Å². The molecule has 1 heterocycles. The van der Waals surface area contributed by atoms with Crippen LogP contribution in [-0.4, -0.2) is 56.6 Å². The summed E-state index contributed by atoms with van der Waals surface area (Å²) < 4.78 is 26.7. The molecule has 2 atom stereocenters. The van der Waals surface area contributed by atoms with E-state index in [1.807, 2.05) is 13.8 Å². The predicted molar refractivity (Wildman–Crippen MR) is 96.2 cm³/mol. The van der Waals surface area contributed by atoms with Crippen LogP contribution in [0.1, 0.15) is 18.9 Å². The maximum absolute atomic E-state index is 12.2. The van der Waals surface area contributed by atoms with E-state index in [0.717, 1.165) is 5.56 Å². The Hall–Kier alpha value is -2.13. The first-order chi connectivity index (χ1) is 12.2. The maximum atomic E-state index is 12.2. The number of aliphatic carboxylic acids is 1. The second-order valence-electron chi connectivity index (χ2n) is 6.72. The van der Waals surface area contributed by atoms with Gasteiger partial charge in [0.15, 0.2) is 0 Å². The fourth-order valence-corrected chi connectivity index (χ4v) is 4.00. The van der Waals surface area contributed by atoms with Crippen LogP contribution in [0.3, 0.4) is 0 Å². The minimum Gasteiger partial charge on any atom is -0.481 e. The molecule has 26 heavy (non-hydrogen) atoms. The van der Waals surface area contributed by atoms with Crippen LogP contribution in [0.4, 0.5) is 4.79 Å². The van der Waals surface area contributed by atoms with Crippen LogP contribution < -0.4 is 10.0 Å². The van der Waals surface area contributed by atoms with Gasteiger partial charge < -0.3 is 15.3 Å². The molecule has 3 N–H and O–H groups in total.